The standard InChI is InChI=1S/C60H41NO/c1-3-16-42(17-4-1)44-30-32-46(33-31-44)47-38-40-49(41-39-47)61(58-28-15-26-56-55-25-12-14-29-59(55)62-60(56)58)57-27-13-11-24-54(57)53-23-10-9-22-52(53)51-21-8-7-20-50(51)48-36-34-45(35-37-48)43-18-5-2-6-19-43/h1-41H. The van der Waals surface area contributed by atoms with Crippen LogP contribution in [0.15, 0.2) is 253 Å². The molecule has 292 valence electrons. The lowest BCUT2D eigenvalue weighted by atomic mass is 9.88. The van der Waals surface area contributed by atoms with Gasteiger partial charge in [-0.15, -0.1) is 0 Å². The number of fused-ring (bicyclic) bond motifs is 3. The van der Waals surface area contributed by atoms with Crippen LogP contribution in [-0.4, -0.2) is 0 Å². The molecule has 0 aliphatic rings. The summed E-state index contributed by atoms with van der Waals surface area (Å²) >= 11 is 0. The van der Waals surface area contributed by atoms with Crippen molar-refractivity contribution in [1.29, 1.82) is 0 Å². The topological polar surface area (TPSA) is 16.4 Å². The summed E-state index contributed by atoms with van der Waals surface area (Å²) in [5.41, 5.74) is 18.9. The van der Waals surface area contributed by atoms with Crippen molar-refractivity contribution >= 4 is 39.0 Å². The molecule has 0 atom stereocenters. The van der Waals surface area contributed by atoms with E-state index in [-0.39, 0.29) is 0 Å². The number of nitrogens with zero attached hydrogens (tertiary/aromatic N) is 1. The Bertz CT molecular complexity index is 3310. The van der Waals surface area contributed by atoms with Crippen LogP contribution in [0.5, 0.6) is 0 Å². The van der Waals surface area contributed by atoms with Crippen molar-refractivity contribution in [1.82, 2.24) is 0 Å². The highest BCUT2D eigenvalue weighted by molar-refractivity contribution is 6.11. The minimum absolute atomic E-state index is 0.849. The predicted octanol–water partition coefficient (Wildman–Crippen LogP) is 17.1. The fraction of sp³-hybridized carbons (Fsp3) is 0. The largest absolute Gasteiger partial charge is 0.454 e. The zero-order valence-electron chi connectivity index (χ0n) is 34.0. The first-order chi connectivity index (χ1) is 30.8. The third-order valence-electron chi connectivity index (χ3n) is 12.0. The second-order valence-corrected chi connectivity index (χ2v) is 15.6. The molecule has 0 unspecified atom stereocenters. The van der Waals surface area contributed by atoms with E-state index in [4.69, 9.17) is 4.42 Å². The smallest absolute Gasteiger partial charge is 0.159 e. The molecule has 0 fully saturated rings. The van der Waals surface area contributed by atoms with Crippen molar-refractivity contribution in [2.24, 2.45) is 0 Å². The van der Waals surface area contributed by atoms with Crippen LogP contribution in [-0.2, 0) is 0 Å². The fourth-order valence-corrected chi connectivity index (χ4v) is 8.90. The molecule has 0 aliphatic heterocycles. The summed E-state index contributed by atoms with van der Waals surface area (Å²) < 4.78 is 6.75. The molecule has 2 nitrogen and oxygen atoms in total. The van der Waals surface area contributed by atoms with Crippen molar-refractivity contribution in [3.8, 4) is 66.8 Å². The maximum atomic E-state index is 6.75. The number of benzene rings is 10. The number of anilines is 3. The maximum absolute atomic E-state index is 6.75. The molecule has 0 radical (unpaired) electrons. The Hall–Kier alpha value is -8.20. The molecule has 0 amide bonds. The first kappa shape index (κ1) is 36.8. The summed E-state index contributed by atoms with van der Waals surface area (Å²) in [6.45, 7) is 0. The van der Waals surface area contributed by atoms with Crippen molar-refractivity contribution < 1.29 is 4.42 Å². The van der Waals surface area contributed by atoms with Gasteiger partial charge in [-0.25, -0.2) is 0 Å². The summed E-state index contributed by atoms with van der Waals surface area (Å²) in [5, 5.41) is 2.19. The quantitative estimate of drug-likeness (QED) is 0.145. The van der Waals surface area contributed by atoms with Crippen molar-refractivity contribution in [2.45, 2.75) is 0 Å². The van der Waals surface area contributed by atoms with E-state index in [1.54, 1.807) is 0 Å². The van der Waals surface area contributed by atoms with Gasteiger partial charge < -0.3 is 9.32 Å². The Kier molecular flexibility index (Phi) is 9.57. The second-order valence-electron chi connectivity index (χ2n) is 15.6. The number of para-hydroxylation sites is 3. The molecule has 11 aromatic rings. The van der Waals surface area contributed by atoms with E-state index in [2.05, 4.69) is 248 Å². The van der Waals surface area contributed by atoms with E-state index < -0.39 is 0 Å². The monoisotopic (exact) mass is 791 g/mol. The lowest BCUT2D eigenvalue weighted by Crippen LogP contribution is -2.11. The lowest BCUT2D eigenvalue weighted by molar-refractivity contribution is 0.669. The molecule has 0 saturated carbocycles. The summed E-state index contributed by atoms with van der Waals surface area (Å²) in [5.74, 6) is 0. The van der Waals surface area contributed by atoms with Crippen LogP contribution in [0.3, 0.4) is 0 Å². The van der Waals surface area contributed by atoms with Gasteiger partial charge in [-0.3, -0.25) is 0 Å². The summed E-state index contributed by atoms with van der Waals surface area (Å²) in [6, 6.07) is 88.9. The van der Waals surface area contributed by atoms with E-state index in [0.717, 1.165) is 55.7 Å². The Morgan fingerprint density at radius 2 is 0.629 bits per heavy atom. The number of rotatable bonds is 9. The number of hydrogen-bond donors (Lipinski definition) is 0. The summed E-state index contributed by atoms with van der Waals surface area (Å²) in [6.07, 6.45) is 0. The van der Waals surface area contributed by atoms with E-state index in [0.29, 0.717) is 0 Å². The molecular formula is C60H41NO. The number of furan rings is 1. The van der Waals surface area contributed by atoms with Crippen LogP contribution in [0.2, 0.25) is 0 Å². The van der Waals surface area contributed by atoms with Gasteiger partial charge in [-0.1, -0.05) is 218 Å². The van der Waals surface area contributed by atoms with Gasteiger partial charge in [0.15, 0.2) is 5.58 Å². The molecule has 62 heavy (non-hydrogen) atoms. The summed E-state index contributed by atoms with van der Waals surface area (Å²) in [7, 11) is 0. The van der Waals surface area contributed by atoms with Crippen LogP contribution < -0.4 is 4.90 Å². The molecule has 0 aliphatic carbocycles. The van der Waals surface area contributed by atoms with Crippen LogP contribution in [0.4, 0.5) is 17.1 Å². The molecule has 0 saturated heterocycles. The van der Waals surface area contributed by atoms with Crippen molar-refractivity contribution in [3.05, 3.63) is 249 Å². The van der Waals surface area contributed by atoms with Crippen LogP contribution >= 0.6 is 0 Å². The molecule has 1 aromatic heterocycles. The lowest BCUT2D eigenvalue weighted by Gasteiger charge is -2.28. The Labute approximate surface area is 362 Å². The van der Waals surface area contributed by atoms with Crippen molar-refractivity contribution in [2.75, 3.05) is 4.90 Å². The average molecular weight is 792 g/mol. The normalized spacial score (nSPS) is 11.2. The molecule has 11 rings (SSSR count). The molecule has 0 spiro atoms. The van der Waals surface area contributed by atoms with Gasteiger partial charge in [0.05, 0.1) is 11.4 Å². The van der Waals surface area contributed by atoms with Gasteiger partial charge in [-0.05, 0) is 91.5 Å². The van der Waals surface area contributed by atoms with Crippen LogP contribution in [0.25, 0.3) is 88.7 Å². The first-order valence-electron chi connectivity index (χ1n) is 21.2. The third-order valence-corrected chi connectivity index (χ3v) is 12.0. The molecule has 1 heterocycles. The van der Waals surface area contributed by atoms with Gasteiger partial charge in [0.1, 0.15) is 5.58 Å². The zero-order valence-corrected chi connectivity index (χ0v) is 34.0. The van der Waals surface area contributed by atoms with Gasteiger partial charge in [0, 0.05) is 22.0 Å². The van der Waals surface area contributed by atoms with Gasteiger partial charge in [-0.2, -0.15) is 0 Å². The Morgan fingerprint density at radius 3 is 1.23 bits per heavy atom. The predicted molar refractivity (Wildman–Crippen MR) is 261 cm³/mol. The van der Waals surface area contributed by atoms with E-state index in [1.165, 1.54) is 50.1 Å². The highest BCUT2D eigenvalue weighted by atomic mass is 16.3. The zero-order chi connectivity index (χ0) is 41.2. The van der Waals surface area contributed by atoms with Gasteiger partial charge >= 0.3 is 0 Å². The second kappa shape index (κ2) is 16.1. The van der Waals surface area contributed by atoms with Crippen LogP contribution in [0.1, 0.15) is 0 Å². The van der Waals surface area contributed by atoms with Crippen LogP contribution in [0, 0.1) is 0 Å². The first-order valence-corrected chi connectivity index (χ1v) is 21.2. The Balaban J connectivity index is 1.04. The Morgan fingerprint density at radius 1 is 0.242 bits per heavy atom. The van der Waals surface area contributed by atoms with Crippen molar-refractivity contribution in [3.63, 3.8) is 0 Å². The SMILES string of the molecule is c1ccc(-c2ccc(-c3ccc(N(c4ccccc4-c4ccccc4-c4ccccc4-c4ccc(-c5ccccc5)cc4)c4cccc5c4oc4ccccc45)cc3)cc2)cc1. The molecule has 0 bridgehead atoms. The number of hydrogen-bond acceptors (Lipinski definition) is 2. The molecule has 10 aromatic carbocycles. The highest BCUT2D eigenvalue weighted by Crippen LogP contribution is 2.48. The molecular weight excluding hydrogens is 751 g/mol. The minimum atomic E-state index is 0.849. The highest BCUT2D eigenvalue weighted by Gasteiger charge is 2.23. The maximum Gasteiger partial charge on any atom is 0.159 e. The van der Waals surface area contributed by atoms with E-state index in [9.17, 15) is 0 Å². The average Bonchev–Trinajstić information content (AvgIpc) is 3.75. The minimum Gasteiger partial charge on any atom is -0.454 e. The van der Waals surface area contributed by atoms with E-state index in [1.807, 2.05) is 6.07 Å². The fourth-order valence-electron chi connectivity index (χ4n) is 8.90. The van der Waals surface area contributed by atoms with E-state index >= 15 is 0 Å². The summed E-state index contributed by atoms with van der Waals surface area (Å²) in [4.78, 5) is 2.37. The third kappa shape index (κ3) is 6.84. The van der Waals surface area contributed by atoms with Gasteiger partial charge in [0.25, 0.3) is 0 Å². The molecule has 2 heteroatoms. The molecule has 0 N–H and O–H groups in total. The van der Waals surface area contributed by atoms with Gasteiger partial charge in [0.2, 0.25) is 0 Å².